The molecule has 1 aromatic heterocycles. The summed E-state index contributed by atoms with van der Waals surface area (Å²) in [7, 11) is 3.35. The van der Waals surface area contributed by atoms with Crippen molar-refractivity contribution in [2.75, 3.05) is 39.2 Å². The van der Waals surface area contributed by atoms with Crippen molar-refractivity contribution >= 4 is 28.5 Å². The molecule has 1 aromatic carbocycles. The number of hydrogen-bond acceptors (Lipinski definition) is 5. The predicted octanol–water partition coefficient (Wildman–Crippen LogP) is 3.45. The summed E-state index contributed by atoms with van der Waals surface area (Å²) in [5.74, 6) is 0.0331. The van der Waals surface area contributed by atoms with E-state index in [1.807, 2.05) is 21.6 Å². The molecule has 0 bridgehead atoms. The highest BCUT2D eigenvalue weighted by Crippen LogP contribution is 2.29. The van der Waals surface area contributed by atoms with Gasteiger partial charge in [0.2, 0.25) is 5.91 Å². The number of methoxy groups -OCH3 is 2. The molecular formula is C24H34N4O4. The molecule has 1 saturated carbocycles. The van der Waals surface area contributed by atoms with Gasteiger partial charge in [0.25, 0.3) is 5.91 Å². The number of carbonyl (C=O) groups is 2. The van der Waals surface area contributed by atoms with Crippen LogP contribution in [0.2, 0.25) is 0 Å². The van der Waals surface area contributed by atoms with E-state index in [1.54, 1.807) is 20.5 Å². The van der Waals surface area contributed by atoms with E-state index in [2.05, 4.69) is 10.3 Å². The van der Waals surface area contributed by atoms with E-state index in [-0.39, 0.29) is 23.8 Å². The first-order valence-corrected chi connectivity index (χ1v) is 11.7. The Labute approximate surface area is 189 Å². The highest BCUT2D eigenvalue weighted by molar-refractivity contribution is 6.07. The van der Waals surface area contributed by atoms with Crippen molar-refractivity contribution in [1.29, 1.82) is 0 Å². The molecule has 1 aliphatic heterocycles. The zero-order chi connectivity index (χ0) is 22.5. The van der Waals surface area contributed by atoms with Gasteiger partial charge in [0.15, 0.2) is 0 Å². The molecule has 1 aliphatic carbocycles. The molecule has 32 heavy (non-hydrogen) atoms. The Morgan fingerprint density at radius 1 is 1.12 bits per heavy atom. The fourth-order valence-electron chi connectivity index (χ4n) is 4.90. The van der Waals surface area contributed by atoms with Crippen molar-refractivity contribution in [1.82, 2.24) is 14.5 Å². The number of hydrogen-bond donors (Lipinski definition) is 1. The van der Waals surface area contributed by atoms with Gasteiger partial charge in [0.05, 0.1) is 35.6 Å². The molecule has 2 aliphatic rings. The van der Waals surface area contributed by atoms with E-state index in [4.69, 9.17) is 9.47 Å². The molecule has 0 spiro atoms. The number of nitrogens with one attached hydrogen (secondary N) is 1. The molecule has 2 amide bonds. The van der Waals surface area contributed by atoms with Crippen molar-refractivity contribution in [3.8, 4) is 0 Å². The van der Waals surface area contributed by atoms with Crippen LogP contribution in [-0.2, 0) is 20.8 Å². The van der Waals surface area contributed by atoms with Crippen LogP contribution in [-0.4, -0.2) is 66.3 Å². The van der Waals surface area contributed by atoms with Crippen LogP contribution in [0.5, 0.6) is 0 Å². The summed E-state index contributed by atoms with van der Waals surface area (Å²) in [5, 5.41) is 3.07. The summed E-state index contributed by atoms with van der Waals surface area (Å²) in [5.41, 5.74) is 2.67. The van der Waals surface area contributed by atoms with E-state index in [9.17, 15) is 9.59 Å². The van der Waals surface area contributed by atoms with Gasteiger partial charge in [0, 0.05) is 45.5 Å². The van der Waals surface area contributed by atoms with Crippen molar-refractivity contribution in [3.63, 3.8) is 0 Å². The molecule has 8 heteroatoms. The van der Waals surface area contributed by atoms with Gasteiger partial charge in [-0.3, -0.25) is 9.59 Å². The van der Waals surface area contributed by atoms with Crippen LogP contribution in [0, 0.1) is 5.92 Å². The molecular weight excluding hydrogens is 408 g/mol. The Balaban J connectivity index is 1.66. The van der Waals surface area contributed by atoms with Crippen LogP contribution in [0.3, 0.4) is 0 Å². The summed E-state index contributed by atoms with van der Waals surface area (Å²) in [6.07, 6.45) is 8.91. The molecule has 174 valence electrons. The van der Waals surface area contributed by atoms with E-state index in [1.165, 1.54) is 6.42 Å². The monoisotopic (exact) mass is 442 g/mol. The number of rotatable bonds is 7. The molecule has 1 saturated heterocycles. The number of piperidine rings is 1. The lowest BCUT2D eigenvalue weighted by Crippen LogP contribution is -2.43. The lowest BCUT2D eigenvalue weighted by Gasteiger charge is -2.32. The van der Waals surface area contributed by atoms with Gasteiger partial charge >= 0.3 is 0 Å². The third kappa shape index (κ3) is 4.96. The van der Waals surface area contributed by atoms with Crippen LogP contribution in [0.4, 0.5) is 5.69 Å². The summed E-state index contributed by atoms with van der Waals surface area (Å²) >= 11 is 0. The van der Waals surface area contributed by atoms with Crippen LogP contribution in [0.25, 0.3) is 11.0 Å². The molecule has 1 atom stereocenters. The Morgan fingerprint density at radius 3 is 2.69 bits per heavy atom. The number of amides is 2. The standard InChI is InChI=1S/C24H34N4O4/c1-31-12-11-28-16-25-21-14-18(26-23(29)17-7-4-3-5-8-17)13-20(22(21)28)24(30)27-10-6-9-19(15-27)32-2/h13-14,16-17,19H,3-12,15H2,1-2H3,(H,26,29). The minimum atomic E-state index is -0.0512. The molecule has 8 nitrogen and oxygen atoms in total. The predicted molar refractivity (Wildman–Crippen MR) is 123 cm³/mol. The molecule has 4 rings (SSSR count). The second-order valence-electron chi connectivity index (χ2n) is 8.90. The van der Waals surface area contributed by atoms with Crippen LogP contribution in [0.1, 0.15) is 55.3 Å². The van der Waals surface area contributed by atoms with Crippen LogP contribution in [0.15, 0.2) is 18.5 Å². The Kier molecular flexibility index (Phi) is 7.42. The zero-order valence-corrected chi connectivity index (χ0v) is 19.1. The molecule has 0 radical (unpaired) electrons. The number of aromatic nitrogens is 2. The number of nitrogens with zero attached hydrogens (tertiary/aromatic N) is 3. The van der Waals surface area contributed by atoms with E-state index in [0.717, 1.165) is 44.0 Å². The lowest BCUT2D eigenvalue weighted by molar-refractivity contribution is -0.120. The molecule has 2 aromatic rings. The maximum Gasteiger partial charge on any atom is 0.256 e. The first-order valence-electron chi connectivity index (χ1n) is 11.7. The van der Waals surface area contributed by atoms with Gasteiger partial charge in [-0.15, -0.1) is 0 Å². The molecule has 1 N–H and O–H groups in total. The quantitative estimate of drug-likeness (QED) is 0.710. The lowest BCUT2D eigenvalue weighted by atomic mass is 9.88. The van der Waals surface area contributed by atoms with Gasteiger partial charge in [0.1, 0.15) is 0 Å². The summed E-state index contributed by atoms with van der Waals surface area (Å²) < 4.78 is 12.7. The van der Waals surface area contributed by atoms with Gasteiger partial charge in [-0.25, -0.2) is 4.98 Å². The number of benzene rings is 1. The topological polar surface area (TPSA) is 85.7 Å². The first-order chi connectivity index (χ1) is 15.6. The molecule has 1 unspecified atom stereocenters. The first kappa shape index (κ1) is 22.7. The number of imidazole rings is 1. The fraction of sp³-hybridized carbons (Fsp3) is 0.625. The van der Waals surface area contributed by atoms with Crippen molar-refractivity contribution in [3.05, 3.63) is 24.0 Å². The average Bonchev–Trinajstić information content (AvgIpc) is 3.25. The SMILES string of the molecule is COCCn1cnc2cc(NC(=O)C3CCCCC3)cc(C(=O)N3CCCC(OC)C3)c21. The van der Waals surface area contributed by atoms with E-state index >= 15 is 0 Å². The van der Waals surface area contributed by atoms with Gasteiger partial charge < -0.3 is 24.3 Å². The maximum atomic E-state index is 13.6. The van der Waals surface area contributed by atoms with Crippen molar-refractivity contribution in [2.45, 2.75) is 57.6 Å². The Bertz CT molecular complexity index is 951. The van der Waals surface area contributed by atoms with Gasteiger partial charge in [-0.2, -0.15) is 0 Å². The number of anilines is 1. The van der Waals surface area contributed by atoms with Crippen LogP contribution < -0.4 is 5.32 Å². The zero-order valence-electron chi connectivity index (χ0n) is 19.1. The highest BCUT2D eigenvalue weighted by atomic mass is 16.5. The van der Waals surface area contributed by atoms with Gasteiger partial charge in [-0.1, -0.05) is 19.3 Å². The Morgan fingerprint density at radius 2 is 1.94 bits per heavy atom. The summed E-state index contributed by atoms with van der Waals surface area (Å²) in [6.45, 7) is 2.39. The maximum absolute atomic E-state index is 13.6. The largest absolute Gasteiger partial charge is 0.383 e. The Hall–Kier alpha value is -2.45. The fourth-order valence-corrected chi connectivity index (χ4v) is 4.90. The van der Waals surface area contributed by atoms with E-state index in [0.29, 0.717) is 43.0 Å². The number of fused-ring (bicyclic) bond motifs is 1. The average molecular weight is 443 g/mol. The smallest absolute Gasteiger partial charge is 0.256 e. The number of likely N-dealkylation sites (tertiary alicyclic amines) is 1. The number of ether oxygens (including phenoxy) is 2. The summed E-state index contributed by atoms with van der Waals surface area (Å²) in [6, 6.07) is 3.68. The minimum absolute atomic E-state index is 0.0404. The molecule has 2 heterocycles. The second-order valence-corrected chi connectivity index (χ2v) is 8.90. The second kappa shape index (κ2) is 10.4. The van der Waals surface area contributed by atoms with Gasteiger partial charge in [-0.05, 0) is 37.8 Å². The third-order valence-corrected chi connectivity index (χ3v) is 6.72. The normalized spacial score (nSPS) is 19.9. The van der Waals surface area contributed by atoms with Crippen LogP contribution >= 0.6 is 0 Å². The van der Waals surface area contributed by atoms with Crippen molar-refractivity contribution in [2.24, 2.45) is 5.92 Å². The summed E-state index contributed by atoms with van der Waals surface area (Å²) in [4.78, 5) is 32.9. The molecule has 2 fully saturated rings. The third-order valence-electron chi connectivity index (χ3n) is 6.72. The number of carbonyl (C=O) groups excluding carboxylic acids is 2. The minimum Gasteiger partial charge on any atom is -0.383 e. The van der Waals surface area contributed by atoms with E-state index < -0.39 is 0 Å². The van der Waals surface area contributed by atoms with Crippen molar-refractivity contribution < 1.29 is 19.1 Å². The highest BCUT2D eigenvalue weighted by Gasteiger charge is 2.28.